The zero-order valence-electron chi connectivity index (χ0n) is 17.9. The normalized spacial score (nSPS) is 16.2. The molecule has 3 aromatic carbocycles. The van der Waals surface area contributed by atoms with Crippen LogP contribution in [0.1, 0.15) is 16.7 Å². The van der Waals surface area contributed by atoms with Crippen LogP contribution in [0.2, 0.25) is 0 Å². The molecule has 0 radical (unpaired) electrons. The first-order chi connectivity index (χ1) is 16.1. The Kier molecular flexibility index (Phi) is 6.24. The minimum atomic E-state index is -0.314. The lowest BCUT2D eigenvalue weighted by molar-refractivity contribution is -0.123. The Morgan fingerprint density at radius 3 is 2.61 bits per heavy atom. The fourth-order valence-electron chi connectivity index (χ4n) is 4.24. The van der Waals surface area contributed by atoms with Crippen LogP contribution in [0.5, 0.6) is 0 Å². The number of imide groups is 1. The van der Waals surface area contributed by atoms with Gasteiger partial charge in [0.15, 0.2) is 0 Å². The van der Waals surface area contributed by atoms with Gasteiger partial charge in [0.2, 0.25) is 5.91 Å². The van der Waals surface area contributed by atoms with Gasteiger partial charge < -0.3 is 5.32 Å². The fourth-order valence-corrected chi connectivity index (χ4v) is 5.98. The lowest BCUT2D eigenvalue weighted by Gasteiger charge is -2.13. The van der Waals surface area contributed by atoms with Gasteiger partial charge in [0.05, 0.1) is 10.7 Å². The smallest absolute Gasteiger partial charge is 0.293 e. The van der Waals surface area contributed by atoms with Gasteiger partial charge in [0, 0.05) is 18.0 Å². The van der Waals surface area contributed by atoms with Gasteiger partial charge in [0.1, 0.15) is 0 Å². The minimum Gasteiger partial charge on any atom is -0.354 e. The van der Waals surface area contributed by atoms with E-state index in [0.29, 0.717) is 4.91 Å². The standard InChI is InChI=1S/C26H22N2O3S2/c29-23(16-32-21-12-11-19-10-9-18-7-4-8-20(21)24(18)19)27-13-14-28-25(30)22(33-26(28)31)15-17-5-2-1-3-6-17/h1-8,11-12,15H,9-10,13-14,16H2,(H,27,29). The van der Waals surface area contributed by atoms with Gasteiger partial charge in [0.25, 0.3) is 11.1 Å². The van der Waals surface area contributed by atoms with Crippen LogP contribution in [0.25, 0.3) is 16.8 Å². The van der Waals surface area contributed by atoms with Crippen molar-refractivity contribution in [3.8, 4) is 0 Å². The Balaban J connectivity index is 1.14. The van der Waals surface area contributed by atoms with Crippen molar-refractivity contribution < 1.29 is 14.4 Å². The molecule has 166 valence electrons. The molecule has 5 rings (SSSR count). The molecular formula is C26H22N2O3S2. The van der Waals surface area contributed by atoms with Crippen molar-refractivity contribution in [3.05, 3.63) is 82.3 Å². The van der Waals surface area contributed by atoms with Crippen molar-refractivity contribution >= 4 is 57.4 Å². The number of hydrogen-bond acceptors (Lipinski definition) is 5. The van der Waals surface area contributed by atoms with Crippen LogP contribution in [0.3, 0.4) is 0 Å². The van der Waals surface area contributed by atoms with Crippen LogP contribution >= 0.6 is 23.5 Å². The Hall–Kier alpha value is -3.03. The maximum atomic E-state index is 12.6. The van der Waals surface area contributed by atoms with E-state index in [-0.39, 0.29) is 35.9 Å². The van der Waals surface area contributed by atoms with E-state index in [0.717, 1.165) is 35.1 Å². The summed E-state index contributed by atoms with van der Waals surface area (Å²) >= 11 is 2.45. The first kappa shape index (κ1) is 21.8. The molecule has 1 saturated heterocycles. The summed E-state index contributed by atoms with van der Waals surface area (Å²) in [5.74, 6) is -0.144. The maximum Gasteiger partial charge on any atom is 0.293 e. The summed E-state index contributed by atoms with van der Waals surface area (Å²) in [6.45, 7) is 0.397. The van der Waals surface area contributed by atoms with Crippen molar-refractivity contribution in [3.63, 3.8) is 0 Å². The highest BCUT2D eigenvalue weighted by molar-refractivity contribution is 8.18. The summed E-state index contributed by atoms with van der Waals surface area (Å²) in [6.07, 6.45) is 3.88. The van der Waals surface area contributed by atoms with Gasteiger partial charge in [-0.15, -0.1) is 11.8 Å². The van der Waals surface area contributed by atoms with Gasteiger partial charge in [-0.25, -0.2) is 0 Å². The highest BCUT2D eigenvalue weighted by atomic mass is 32.2. The van der Waals surface area contributed by atoms with Crippen LogP contribution in [0, 0.1) is 0 Å². The van der Waals surface area contributed by atoms with E-state index in [1.165, 1.54) is 38.6 Å². The molecule has 0 atom stereocenters. The van der Waals surface area contributed by atoms with E-state index in [9.17, 15) is 14.4 Å². The zero-order valence-corrected chi connectivity index (χ0v) is 19.5. The summed E-state index contributed by atoms with van der Waals surface area (Å²) in [5, 5.41) is 5.08. The molecule has 33 heavy (non-hydrogen) atoms. The van der Waals surface area contributed by atoms with Crippen molar-refractivity contribution in [1.29, 1.82) is 0 Å². The second-order valence-corrected chi connectivity index (χ2v) is 9.96. The average Bonchev–Trinajstić information content (AvgIpc) is 3.36. The van der Waals surface area contributed by atoms with E-state index in [2.05, 4.69) is 35.6 Å². The molecule has 1 aliphatic heterocycles. The Morgan fingerprint density at radius 2 is 1.79 bits per heavy atom. The summed E-state index contributed by atoms with van der Waals surface area (Å²) in [7, 11) is 0. The number of carbonyl (C=O) groups excluding carboxylic acids is 3. The molecule has 3 amide bonds. The molecule has 3 aromatic rings. The zero-order chi connectivity index (χ0) is 22.8. The molecule has 1 aliphatic carbocycles. The molecule has 1 fully saturated rings. The topological polar surface area (TPSA) is 66.5 Å². The van der Waals surface area contributed by atoms with Gasteiger partial charge >= 0.3 is 0 Å². The minimum absolute atomic E-state index is 0.116. The summed E-state index contributed by atoms with van der Waals surface area (Å²) in [6, 6.07) is 20.1. The molecule has 1 N–H and O–H groups in total. The van der Waals surface area contributed by atoms with E-state index in [4.69, 9.17) is 0 Å². The third-order valence-electron chi connectivity index (χ3n) is 5.82. The predicted octanol–water partition coefficient (Wildman–Crippen LogP) is 4.88. The molecule has 0 bridgehead atoms. The van der Waals surface area contributed by atoms with E-state index < -0.39 is 0 Å². The molecule has 0 unspecified atom stereocenters. The summed E-state index contributed by atoms with van der Waals surface area (Å²) < 4.78 is 0. The second-order valence-electron chi connectivity index (χ2n) is 7.95. The molecule has 0 spiro atoms. The number of rotatable bonds is 7. The number of benzene rings is 3. The first-order valence-corrected chi connectivity index (χ1v) is 12.6. The molecule has 5 nitrogen and oxygen atoms in total. The number of carbonyl (C=O) groups is 3. The van der Waals surface area contributed by atoms with Gasteiger partial charge in [-0.3, -0.25) is 19.3 Å². The third kappa shape index (κ3) is 4.56. The fraction of sp³-hybridized carbons (Fsp3) is 0.192. The summed E-state index contributed by atoms with van der Waals surface area (Å²) in [5.41, 5.74) is 3.64. The Bertz CT molecular complexity index is 1280. The van der Waals surface area contributed by atoms with Crippen molar-refractivity contribution in [1.82, 2.24) is 10.2 Å². The van der Waals surface area contributed by atoms with Crippen LogP contribution in [0.4, 0.5) is 4.79 Å². The number of nitrogens with zero attached hydrogens (tertiary/aromatic N) is 1. The molecule has 7 heteroatoms. The van der Waals surface area contributed by atoms with Gasteiger partial charge in [-0.2, -0.15) is 0 Å². The summed E-state index contributed by atoms with van der Waals surface area (Å²) in [4.78, 5) is 40.0. The molecule has 0 saturated carbocycles. The largest absolute Gasteiger partial charge is 0.354 e. The number of thioether (sulfide) groups is 2. The first-order valence-electron chi connectivity index (χ1n) is 10.8. The third-order valence-corrected chi connectivity index (χ3v) is 7.81. The number of hydrogen-bond donors (Lipinski definition) is 1. The van der Waals surface area contributed by atoms with E-state index in [1.807, 2.05) is 30.3 Å². The van der Waals surface area contributed by atoms with Crippen LogP contribution < -0.4 is 5.32 Å². The Morgan fingerprint density at radius 1 is 1.00 bits per heavy atom. The van der Waals surface area contributed by atoms with Crippen LogP contribution in [-0.2, 0) is 22.4 Å². The average molecular weight is 475 g/mol. The lowest BCUT2D eigenvalue weighted by Crippen LogP contribution is -2.37. The quantitative estimate of drug-likeness (QED) is 0.390. The Labute approximate surface area is 200 Å². The lowest BCUT2D eigenvalue weighted by atomic mass is 10.1. The van der Waals surface area contributed by atoms with Crippen molar-refractivity contribution in [2.24, 2.45) is 0 Å². The van der Waals surface area contributed by atoms with E-state index >= 15 is 0 Å². The molecule has 0 aromatic heterocycles. The SMILES string of the molecule is O=C(CSc1ccc2c3c(cccc13)CC2)NCCN1C(=O)SC(=Cc2ccccc2)C1=O. The monoisotopic (exact) mass is 474 g/mol. The highest BCUT2D eigenvalue weighted by Crippen LogP contribution is 2.36. The van der Waals surface area contributed by atoms with E-state index in [1.54, 1.807) is 6.08 Å². The maximum absolute atomic E-state index is 12.6. The van der Waals surface area contributed by atoms with Crippen LogP contribution in [0.15, 0.2) is 70.5 Å². The van der Waals surface area contributed by atoms with Gasteiger partial charge in [-0.05, 0) is 64.2 Å². The number of nitrogens with one attached hydrogen (secondary N) is 1. The number of aryl methyl sites for hydroxylation is 2. The second kappa shape index (κ2) is 9.45. The molecule has 2 aliphatic rings. The predicted molar refractivity (Wildman–Crippen MR) is 134 cm³/mol. The van der Waals surface area contributed by atoms with Gasteiger partial charge in [-0.1, -0.05) is 54.6 Å². The van der Waals surface area contributed by atoms with Crippen molar-refractivity contribution in [2.45, 2.75) is 17.7 Å². The molecule has 1 heterocycles. The van der Waals surface area contributed by atoms with Crippen LogP contribution in [-0.4, -0.2) is 40.8 Å². The van der Waals surface area contributed by atoms with Crippen molar-refractivity contribution in [2.75, 3.05) is 18.8 Å². The molecular weight excluding hydrogens is 452 g/mol. The highest BCUT2D eigenvalue weighted by Gasteiger charge is 2.34. The number of amides is 3.